The molecule has 3 rings (SSSR count). The summed E-state index contributed by atoms with van der Waals surface area (Å²) in [7, 11) is 0. The SMILES string of the molecule is NCC1(N2CCC3CCCCC3C2)CCCSC1. The summed E-state index contributed by atoms with van der Waals surface area (Å²) in [5, 5.41) is 0. The quantitative estimate of drug-likeness (QED) is 0.835. The van der Waals surface area contributed by atoms with Crippen LogP contribution in [-0.4, -0.2) is 41.6 Å². The second kappa shape index (κ2) is 5.72. The number of nitrogens with zero attached hydrogens (tertiary/aromatic N) is 1. The third-order valence-corrected chi connectivity index (χ3v) is 6.96. The second-order valence-electron chi connectivity index (χ2n) is 6.62. The number of hydrogen-bond acceptors (Lipinski definition) is 3. The predicted molar refractivity (Wildman–Crippen MR) is 80.0 cm³/mol. The molecular weight excluding hydrogens is 240 g/mol. The van der Waals surface area contributed by atoms with E-state index in [9.17, 15) is 0 Å². The van der Waals surface area contributed by atoms with E-state index >= 15 is 0 Å². The topological polar surface area (TPSA) is 29.3 Å². The molecule has 3 heteroatoms. The Morgan fingerprint density at radius 2 is 1.94 bits per heavy atom. The minimum Gasteiger partial charge on any atom is -0.329 e. The van der Waals surface area contributed by atoms with Crippen molar-refractivity contribution in [2.45, 2.75) is 50.5 Å². The molecule has 0 amide bonds. The Morgan fingerprint density at radius 1 is 1.11 bits per heavy atom. The molecule has 0 radical (unpaired) electrons. The van der Waals surface area contributed by atoms with E-state index in [1.807, 2.05) is 0 Å². The molecule has 3 fully saturated rings. The molecule has 1 saturated carbocycles. The molecule has 3 unspecified atom stereocenters. The van der Waals surface area contributed by atoms with Crippen LogP contribution in [0.2, 0.25) is 0 Å². The van der Waals surface area contributed by atoms with Crippen LogP contribution in [0.1, 0.15) is 44.9 Å². The van der Waals surface area contributed by atoms with Crippen LogP contribution < -0.4 is 5.73 Å². The summed E-state index contributed by atoms with van der Waals surface area (Å²) < 4.78 is 0. The van der Waals surface area contributed by atoms with Gasteiger partial charge in [-0.2, -0.15) is 11.8 Å². The first-order valence-corrected chi connectivity index (χ1v) is 9.02. The van der Waals surface area contributed by atoms with E-state index in [-0.39, 0.29) is 0 Å². The molecule has 18 heavy (non-hydrogen) atoms. The number of hydrogen-bond donors (Lipinski definition) is 1. The van der Waals surface area contributed by atoms with Crippen molar-refractivity contribution in [3.8, 4) is 0 Å². The lowest BCUT2D eigenvalue weighted by Gasteiger charge is -2.51. The van der Waals surface area contributed by atoms with Gasteiger partial charge in [0.25, 0.3) is 0 Å². The summed E-state index contributed by atoms with van der Waals surface area (Å²) in [5.41, 5.74) is 6.53. The van der Waals surface area contributed by atoms with Crippen molar-refractivity contribution >= 4 is 11.8 Å². The lowest BCUT2D eigenvalue weighted by atomic mass is 9.73. The Hall–Kier alpha value is 0.270. The maximum atomic E-state index is 6.18. The molecule has 0 bridgehead atoms. The molecule has 3 atom stereocenters. The van der Waals surface area contributed by atoms with Gasteiger partial charge in [-0.15, -0.1) is 0 Å². The van der Waals surface area contributed by atoms with E-state index < -0.39 is 0 Å². The summed E-state index contributed by atoms with van der Waals surface area (Å²) in [6.45, 7) is 3.54. The fourth-order valence-electron chi connectivity index (χ4n) is 4.41. The van der Waals surface area contributed by atoms with Gasteiger partial charge in [-0.05, 0) is 49.8 Å². The van der Waals surface area contributed by atoms with Crippen molar-refractivity contribution in [2.75, 3.05) is 31.1 Å². The average molecular weight is 268 g/mol. The zero-order valence-corrected chi connectivity index (χ0v) is 12.4. The predicted octanol–water partition coefficient (Wildman–Crippen LogP) is 2.72. The summed E-state index contributed by atoms with van der Waals surface area (Å²) in [4.78, 5) is 2.80. The molecule has 0 aromatic carbocycles. The van der Waals surface area contributed by atoms with Crippen LogP contribution in [0.25, 0.3) is 0 Å². The van der Waals surface area contributed by atoms with Gasteiger partial charge < -0.3 is 5.73 Å². The zero-order chi connectivity index (χ0) is 12.4. The third kappa shape index (κ3) is 2.46. The van der Waals surface area contributed by atoms with E-state index in [0.29, 0.717) is 5.54 Å². The van der Waals surface area contributed by atoms with Gasteiger partial charge >= 0.3 is 0 Å². The fourth-order valence-corrected chi connectivity index (χ4v) is 5.73. The summed E-state index contributed by atoms with van der Waals surface area (Å²) in [6, 6.07) is 0. The van der Waals surface area contributed by atoms with Crippen LogP contribution >= 0.6 is 11.8 Å². The molecule has 0 spiro atoms. The standard InChI is InChI=1S/C15H28N2S/c16-11-15(7-3-9-18-12-15)17-8-6-13-4-1-2-5-14(13)10-17/h13-14H,1-12,16H2. The first-order valence-electron chi connectivity index (χ1n) is 7.87. The van der Waals surface area contributed by atoms with Crippen LogP contribution in [-0.2, 0) is 0 Å². The van der Waals surface area contributed by atoms with Gasteiger partial charge in [-0.1, -0.05) is 19.3 Å². The van der Waals surface area contributed by atoms with Crippen LogP contribution in [0.4, 0.5) is 0 Å². The fraction of sp³-hybridized carbons (Fsp3) is 1.00. The van der Waals surface area contributed by atoms with Gasteiger partial charge in [0.05, 0.1) is 0 Å². The van der Waals surface area contributed by atoms with E-state index in [2.05, 4.69) is 16.7 Å². The number of fused-ring (bicyclic) bond motifs is 1. The van der Waals surface area contributed by atoms with Crippen molar-refractivity contribution in [3.05, 3.63) is 0 Å². The molecule has 2 N–H and O–H groups in total. The van der Waals surface area contributed by atoms with Gasteiger partial charge in [0.2, 0.25) is 0 Å². The van der Waals surface area contributed by atoms with Crippen molar-refractivity contribution in [1.82, 2.24) is 4.90 Å². The minimum absolute atomic E-state index is 0.353. The highest BCUT2D eigenvalue weighted by atomic mass is 32.2. The summed E-state index contributed by atoms with van der Waals surface area (Å²) >= 11 is 2.13. The Balaban J connectivity index is 1.68. The Kier molecular flexibility index (Phi) is 4.21. The van der Waals surface area contributed by atoms with Crippen molar-refractivity contribution in [3.63, 3.8) is 0 Å². The molecular formula is C15H28N2S. The highest BCUT2D eigenvalue weighted by Gasteiger charge is 2.41. The third-order valence-electron chi connectivity index (χ3n) is 5.64. The van der Waals surface area contributed by atoms with Crippen LogP contribution in [0, 0.1) is 11.8 Å². The average Bonchev–Trinajstić information content (AvgIpc) is 2.47. The van der Waals surface area contributed by atoms with Gasteiger partial charge in [-0.3, -0.25) is 4.90 Å². The molecule has 2 saturated heterocycles. The summed E-state index contributed by atoms with van der Waals surface area (Å²) in [5.74, 6) is 4.66. The van der Waals surface area contributed by atoms with E-state index in [1.54, 1.807) is 0 Å². The van der Waals surface area contributed by atoms with E-state index in [0.717, 1.165) is 18.4 Å². The normalized spacial score (nSPS) is 42.5. The van der Waals surface area contributed by atoms with E-state index in [1.165, 1.54) is 69.5 Å². The smallest absolute Gasteiger partial charge is 0.0422 e. The van der Waals surface area contributed by atoms with Gasteiger partial charge in [0.15, 0.2) is 0 Å². The maximum Gasteiger partial charge on any atom is 0.0422 e. The van der Waals surface area contributed by atoms with Crippen molar-refractivity contribution < 1.29 is 0 Å². The Morgan fingerprint density at radius 3 is 2.67 bits per heavy atom. The Labute approximate surface area is 116 Å². The number of piperidine rings is 1. The number of nitrogens with two attached hydrogens (primary N) is 1. The summed E-state index contributed by atoms with van der Waals surface area (Å²) in [6.07, 6.45) is 10.1. The number of likely N-dealkylation sites (tertiary alicyclic amines) is 1. The van der Waals surface area contributed by atoms with Crippen molar-refractivity contribution in [1.29, 1.82) is 0 Å². The van der Waals surface area contributed by atoms with E-state index in [4.69, 9.17) is 5.73 Å². The van der Waals surface area contributed by atoms with Crippen LogP contribution in [0.15, 0.2) is 0 Å². The molecule has 0 aromatic heterocycles. The van der Waals surface area contributed by atoms with Crippen LogP contribution in [0.5, 0.6) is 0 Å². The first-order chi connectivity index (χ1) is 8.84. The first kappa shape index (κ1) is 13.3. The molecule has 2 heterocycles. The lowest BCUT2D eigenvalue weighted by Crippen LogP contribution is -2.61. The monoisotopic (exact) mass is 268 g/mol. The van der Waals surface area contributed by atoms with Crippen molar-refractivity contribution in [2.24, 2.45) is 17.6 Å². The second-order valence-corrected chi connectivity index (χ2v) is 7.73. The number of thioether (sulfide) groups is 1. The lowest BCUT2D eigenvalue weighted by molar-refractivity contribution is 0.0126. The molecule has 104 valence electrons. The Bertz CT molecular complexity index is 276. The van der Waals surface area contributed by atoms with Gasteiger partial charge in [-0.25, -0.2) is 0 Å². The minimum atomic E-state index is 0.353. The highest BCUT2D eigenvalue weighted by molar-refractivity contribution is 7.99. The highest BCUT2D eigenvalue weighted by Crippen LogP contribution is 2.40. The molecule has 0 aromatic rings. The zero-order valence-electron chi connectivity index (χ0n) is 11.6. The molecule has 3 aliphatic rings. The molecule has 1 aliphatic carbocycles. The molecule has 2 aliphatic heterocycles. The number of rotatable bonds is 2. The largest absolute Gasteiger partial charge is 0.329 e. The van der Waals surface area contributed by atoms with Gasteiger partial charge in [0.1, 0.15) is 0 Å². The van der Waals surface area contributed by atoms with Crippen LogP contribution in [0.3, 0.4) is 0 Å². The van der Waals surface area contributed by atoms with Gasteiger partial charge in [0, 0.05) is 24.4 Å². The maximum absolute atomic E-state index is 6.18. The molecule has 2 nitrogen and oxygen atoms in total.